The van der Waals surface area contributed by atoms with E-state index in [4.69, 9.17) is 9.47 Å². The van der Waals surface area contributed by atoms with Crippen molar-refractivity contribution in [1.82, 2.24) is 0 Å². The molecule has 0 saturated carbocycles. The molecule has 2 aromatic carbocycles. The highest BCUT2D eigenvalue weighted by Gasteiger charge is 2.30. The third-order valence-electron chi connectivity index (χ3n) is 4.26. The van der Waals surface area contributed by atoms with E-state index in [1.807, 2.05) is 18.2 Å². The van der Waals surface area contributed by atoms with Gasteiger partial charge in [-0.3, -0.25) is 4.79 Å². The summed E-state index contributed by atoms with van der Waals surface area (Å²) < 4.78 is 10.4. The molecule has 0 spiro atoms. The number of ketones is 1. The van der Waals surface area contributed by atoms with Gasteiger partial charge < -0.3 is 19.7 Å². The number of aliphatic hydroxyl groups excluding tert-OH is 2. The van der Waals surface area contributed by atoms with Crippen molar-refractivity contribution in [3.05, 3.63) is 71.3 Å². The lowest BCUT2D eigenvalue weighted by molar-refractivity contribution is -0.101. The maximum absolute atomic E-state index is 12.7. The maximum atomic E-state index is 12.7. The number of hydrogen-bond donors (Lipinski definition) is 2. The van der Waals surface area contributed by atoms with Crippen LogP contribution in [0.1, 0.15) is 27.6 Å². The predicted molar refractivity (Wildman–Crippen MR) is 94.3 cm³/mol. The van der Waals surface area contributed by atoms with Gasteiger partial charge in [0.15, 0.2) is 12.1 Å². The standard InChI is InChI=1S/C20H24O5/c1-24-18(25-2)12-15-10-6-7-11-16(15)20(23)17(13-21)19(22)14-8-4-3-5-9-14/h3-11,17-18,20-21,23H,12-13H2,1-2H3/t17-,20-/m0/s1. The minimum Gasteiger partial charge on any atom is -0.395 e. The van der Waals surface area contributed by atoms with Crippen molar-refractivity contribution in [2.45, 2.75) is 18.8 Å². The molecule has 0 radical (unpaired) electrons. The van der Waals surface area contributed by atoms with E-state index >= 15 is 0 Å². The van der Waals surface area contributed by atoms with Crippen LogP contribution in [-0.4, -0.2) is 43.1 Å². The summed E-state index contributed by atoms with van der Waals surface area (Å²) in [5.74, 6) is -1.23. The quantitative estimate of drug-likeness (QED) is 0.539. The van der Waals surface area contributed by atoms with Gasteiger partial charge in [0.2, 0.25) is 0 Å². The van der Waals surface area contributed by atoms with Crippen molar-refractivity contribution < 1.29 is 24.5 Å². The molecule has 2 N–H and O–H groups in total. The molecule has 25 heavy (non-hydrogen) atoms. The Balaban J connectivity index is 2.28. The van der Waals surface area contributed by atoms with E-state index < -0.39 is 24.9 Å². The molecule has 0 bridgehead atoms. The summed E-state index contributed by atoms with van der Waals surface area (Å²) in [4.78, 5) is 12.7. The van der Waals surface area contributed by atoms with Gasteiger partial charge >= 0.3 is 0 Å². The normalized spacial score (nSPS) is 13.6. The van der Waals surface area contributed by atoms with Gasteiger partial charge in [0, 0.05) is 26.2 Å². The molecule has 134 valence electrons. The van der Waals surface area contributed by atoms with Crippen LogP contribution in [0.5, 0.6) is 0 Å². The summed E-state index contributed by atoms with van der Waals surface area (Å²) in [6.45, 7) is -0.443. The molecule has 0 heterocycles. The Morgan fingerprint density at radius 1 is 1.00 bits per heavy atom. The molecular weight excluding hydrogens is 320 g/mol. The first-order chi connectivity index (χ1) is 12.1. The van der Waals surface area contributed by atoms with Crippen LogP contribution in [0.25, 0.3) is 0 Å². The van der Waals surface area contributed by atoms with E-state index in [0.29, 0.717) is 17.5 Å². The summed E-state index contributed by atoms with van der Waals surface area (Å²) in [6.07, 6.45) is -1.15. The Labute approximate surface area is 147 Å². The molecule has 2 aromatic rings. The van der Waals surface area contributed by atoms with Gasteiger partial charge in [-0.25, -0.2) is 0 Å². The molecule has 0 aromatic heterocycles. The van der Waals surface area contributed by atoms with Gasteiger partial charge in [0.05, 0.1) is 18.6 Å². The second-order valence-electron chi connectivity index (χ2n) is 5.77. The predicted octanol–water partition coefficient (Wildman–Crippen LogP) is 2.37. The highest BCUT2D eigenvalue weighted by molar-refractivity contribution is 5.98. The number of methoxy groups -OCH3 is 2. The molecule has 0 aliphatic carbocycles. The molecule has 2 atom stereocenters. The zero-order chi connectivity index (χ0) is 18.2. The summed E-state index contributed by atoms with van der Waals surface area (Å²) >= 11 is 0. The van der Waals surface area contributed by atoms with Gasteiger partial charge in [0.1, 0.15) is 0 Å². The first kappa shape index (κ1) is 19.3. The Kier molecular flexibility index (Phi) is 7.28. The zero-order valence-corrected chi connectivity index (χ0v) is 14.5. The average Bonchev–Trinajstić information content (AvgIpc) is 2.67. The minimum atomic E-state index is -1.12. The molecule has 0 aliphatic rings. The van der Waals surface area contributed by atoms with Crippen molar-refractivity contribution in [3.63, 3.8) is 0 Å². The molecule has 0 saturated heterocycles. The van der Waals surface area contributed by atoms with Crippen LogP contribution in [0.4, 0.5) is 0 Å². The number of carbonyl (C=O) groups is 1. The Hall–Kier alpha value is -2.05. The lowest BCUT2D eigenvalue weighted by atomic mass is 9.86. The lowest BCUT2D eigenvalue weighted by Crippen LogP contribution is -2.27. The Morgan fingerprint density at radius 2 is 1.60 bits per heavy atom. The molecule has 0 aliphatic heterocycles. The monoisotopic (exact) mass is 344 g/mol. The fourth-order valence-corrected chi connectivity index (χ4v) is 2.81. The number of ether oxygens (including phenoxy) is 2. The fraction of sp³-hybridized carbons (Fsp3) is 0.350. The van der Waals surface area contributed by atoms with Crippen LogP contribution in [0.15, 0.2) is 54.6 Å². The molecule has 2 rings (SSSR count). The van der Waals surface area contributed by atoms with E-state index in [1.54, 1.807) is 50.6 Å². The SMILES string of the molecule is COC(Cc1ccccc1[C@H](O)[C@@H](CO)C(=O)c1ccccc1)OC. The van der Waals surface area contributed by atoms with E-state index in [2.05, 4.69) is 0 Å². The molecule has 5 heteroatoms. The van der Waals surface area contributed by atoms with Crippen LogP contribution < -0.4 is 0 Å². The van der Waals surface area contributed by atoms with Crippen molar-refractivity contribution in [2.75, 3.05) is 20.8 Å². The molecule has 0 fully saturated rings. The molecule has 0 unspecified atom stereocenters. The summed E-state index contributed by atoms with van der Waals surface area (Å²) in [5.41, 5.74) is 1.86. The fourth-order valence-electron chi connectivity index (χ4n) is 2.81. The topological polar surface area (TPSA) is 76.0 Å². The van der Waals surface area contributed by atoms with Crippen molar-refractivity contribution in [2.24, 2.45) is 5.92 Å². The average molecular weight is 344 g/mol. The van der Waals surface area contributed by atoms with E-state index in [9.17, 15) is 15.0 Å². The van der Waals surface area contributed by atoms with E-state index in [-0.39, 0.29) is 5.78 Å². The molecule has 5 nitrogen and oxygen atoms in total. The number of hydrogen-bond acceptors (Lipinski definition) is 5. The summed E-state index contributed by atoms with van der Waals surface area (Å²) in [6, 6.07) is 15.9. The van der Waals surface area contributed by atoms with Crippen molar-refractivity contribution >= 4 is 5.78 Å². The molecule has 0 amide bonds. The second kappa shape index (κ2) is 9.44. The van der Waals surface area contributed by atoms with E-state index in [1.165, 1.54) is 0 Å². The van der Waals surface area contributed by atoms with Crippen LogP contribution in [0.2, 0.25) is 0 Å². The zero-order valence-electron chi connectivity index (χ0n) is 14.5. The van der Waals surface area contributed by atoms with Gasteiger partial charge in [0.25, 0.3) is 0 Å². The largest absolute Gasteiger partial charge is 0.395 e. The summed E-state index contributed by atoms with van der Waals surface area (Å²) in [7, 11) is 3.09. The van der Waals surface area contributed by atoms with Crippen molar-refractivity contribution in [1.29, 1.82) is 0 Å². The van der Waals surface area contributed by atoms with Crippen molar-refractivity contribution in [3.8, 4) is 0 Å². The van der Waals surface area contributed by atoms with Gasteiger partial charge in [-0.15, -0.1) is 0 Å². The number of carbonyl (C=O) groups excluding carboxylic acids is 1. The van der Waals surface area contributed by atoms with Crippen LogP contribution in [-0.2, 0) is 15.9 Å². The number of rotatable bonds is 9. The Bertz CT molecular complexity index is 667. The van der Waals surface area contributed by atoms with Gasteiger partial charge in [-0.05, 0) is 11.1 Å². The third kappa shape index (κ3) is 4.74. The number of benzene rings is 2. The van der Waals surface area contributed by atoms with Gasteiger partial charge in [-0.1, -0.05) is 54.6 Å². The minimum absolute atomic E-state index is 0.291. The highest BCUT2D eigenvalue weighted by atomic mass is 16.7. The highest BCUT2D eigenvalue weighted by Crippen LogP contribution is 2.28. The number of aliphatic hydroxyl groups is 2. The third-order valence-corrected chi connectivity index (χ3v) is 4.26. The van der Waals surface area contributed by atoms with E-state index in [0.717, 1.165) is 5.56 Å². The van der Waals surface area contributed by atoms with Gasteiger partial charge in [-0.2, -0.15) is 0 Å². The smallest absolute Gasteiger partial charge is 0.171 e. The lowest BCUT2D eigenvalue weighted by Gasteiger charge is -2.24. The van der Waals surface area contributed by atoms with Crippen LogP contribution in [0, 0.1) is 5.92 Å². The summed E-state index contributed by atoms with van der Waals surface area (Å²) in [5, 5.41) is 20.5. The first-order valence-electron chi connectivity index (χ1n) is 8.14. The second-order valence-corrected chi connectivity index (χ2v) is 5.77. The van der Waals surface area contributed by atoms with Crippen LogP contribution >= 0.6 is 0 Å². The Morgan fingerprint density at radius 3 is 2.20 bits per heavy atom. The first-order valence-corrected chi connectivity index (χ1v) is 8.14. The molecular formula is C20H24O5. The van der Waals surface area contributed by atoms with Crippen LogP contribution in [0.3, 0.4) is 0 Å². The number of Topliss-reactive ketones (excluding diaryl/α,β-unsaturated/α-hetero) is 1. The maximum Gasteiger partial charge on any atom is 0.171 e.